The van der Waals surface area contributed by atoms with Crippen LogP contribution in [0.15, 0.2) is 11.8 Å². The molecule has 0 aromatic rings. The number of hydrogen-bond acceptors (Lipinski definition) is 4. The minimum absolute atomic E-state index is 0.140. The molecule has 4 N–H and O–H groups in total. The lowest BCUT2D eigenvalue weighted by atomic mass is 9.79. The van der Waals surface area contributed by atoms with Crippen molar-refractivity contribution in [2.75, 3.05) is 6.54 Å². The van der Waals surface area contributed by atoms with Gasteiger partial charge in [0.15, 0.2) is 0 Å². The highest BCUT2D eigenvalue weighted by molar-refractivity contribution is 14.1. The molecular weight excluding hydrogens is 379 g/mol. The number of halogens is 1. The second-order valence-electron chi connectivity index (χ2n) is 6.73. The van der Waals surface area contributed by atoms with Gasteiger partial charge in [-0.3, -0.25) is 0 Å². The molecule has 5 heteroatoms. The van der Waals surface area contributed by atoms with Crippen LogP contribution in [0.25, 0.3) is 0 Å². The highest BCUT2D eigenvalue weighted by Gasteiger charge is 2.37. The third kappa shape index (κ3) is 3.74. The SMILES string of the molecule is NCCC1=CNC2CCC(OC3CCC(O)C(I)C3)CC12. The number of nitrogens with one attached hydrogen (secondary N) is 1. The molecule has 1 heterocycles. The first-order valence-electron chi connectivity index (χ1n) is 8.30. The maximum absolute atomic E-state index is 9.83. The van der Waals surface area contributed by atoms with E-state index in [0.717, 1.165) is 45.1 Å². The van der Waals surface area contributed by atoms with Gasteiger partial charge in [0.1, 0.15) is 0 Å². The van der Waals surface area contributed by atoms with Crippen molar-refractivity contribution in [2.24, 2.45) is 11.7 Å². The molecule has 6 atom stereocenters. The zero-order chi connectivity index (χ0) is 14.8. The molecule has 0 aromatic carbocycles. The second-order valence-corrected chi connectivity index (χ2v) is 8.33. The molecule has 4 nitrogen and oxygen atoms in total. The minimum Gasteiger partial charge on any atom is -0.392 e. The van der Waals surface area contributed by atoms with Crippen molar-refractivity contribution < 1.29 is 9.84 Å². The number of ether oxygens (including phenoxy) is 1. The van der Waals surface area contributed by atoms with Crippen molar-refractivity contribution in [1.82, 2.24) is 5.32 Å². The van der Waals surface area contributed by atoms with E-state index in [1.54, 1.807) is 0 Å². The Kier molecular flexibility index (Phi) is 5.45. The average molecular weight is 406 g/mol. The first kappa shape index (κ1) is 16.0. The molecule has 2 saturated carbocycles. The van der Waals surface area contributed by atoms with E-state index in [0.29, 0.717) is 28.1 Å². The van der Waals surface area contributed by atoms with Gasteiger partial charge in [-0.15, -0.1) is 0 Å². The number of rotatable bonds is 4. The van der Waals surface area contributed by atoms with E-state index in [1.165, 1.54) is 12.0 Å². The highest BCUT2D eigenvalue weighted by atomic mass is 127. The Hall–Kier alpha value is 0.150. The number of hydrogen-bond donors (Lipinski definition) is 3. The quantitative estimate of drug-likeness (QED) is 0.494. The topological polar surface area (TPSA) is 67.5 Å². The predicted molar refractivity (Wildman–Crippen MR) is 92.3 cm³/mol. The Morgan fingerprint density at radius 3 is 2.76 bits per heavy atom. The Morgan fingerprint density at radius 1 is 1.24 bits per heavy atom. The number of aliphatic hydroxyl groups is 1. The zero-order valence-corrected chi connectivity index (χ0v) is 14.7. The van der Waals surface area contributed by atoms with E-state index in [2.05, 4.69) is 34.1 Å². The molecule has 21 heavy (non-hydrogen) atoms. The van der Waals surface area contributed by atoms with E-state index >= 15 is 0 Å². The van der Waals surface area contributed by atoms with Gasteiger partial charge in [-0.25, -0.2) is 0 Å². The fourth-order valence-electron chi connectivity index (χ4n) is 4.07. The lowest BCUT2D eigenvalue weighted by Crippen LogP contribution is -2.40. The molecule has 1 aliphatic heterocycles. The zero-order valence-electron chi connectivity index (χ0n) is 12.5. The minimum atomic E-state index is -0.140. The van der Waals surface area contributed by atoms with Crippen LogP contribution in [-0.4, -0.2) is 39.9 Å². The highest BCUT2D eigenvalue weighted by Crippen LogP contribution is 2.38. The summed E-state index contributed by atoms with van der Waals surface area (Å²) in [6.07, 6.45) is 10.2. The van der Waals surface area contributed by atoms with E-state index in [4.69, 9.17) is 10.5 Å². The van der Waals surface area contributed by atoms with E-state index in [-0.39, 0.29) is 6.10 Å². The summed E-state index contributed by atoms with van der Waals surface area (Å²) >= 11 is 2.37. The van der Waals surface area contributed by atoms with Crippen molar-refractivity contribution >= 4 is 22.6 Å². The van der Waals surface area contributed by atoms with Crippen LogP contribution < -0.4 is 11.1 Å². The number of nitrogens with two attached hydrogens (primary N) is 1. The van der Waals surface area contributed by atoms with Crippen molar-refractivity contribution in [2.45, 2.75) is 73.2 Å². The predicted octanol–water partition coefficient (Wildman–Crippen LogP) is 2.09. The largest absolute Gasteiger partial charge is 0.392 e. The number of fused-ring (bicyclic) bond motifs is 1. The molecule has 0 aromatic heterocycles. The van der Waals surface area contributed by atoms with Crippen molar-refractivity contribution in [1.29, 1.82) is 0 Å². The van der Waals surface area contributed by atoms with Crippen LogP contribution in [0.2, 0.25) is 0 Å². The first-order valence-corrected chi connectivity index (χ1v) is 9.54. The summed E-state index contributed by atoms with van der Waals surface area (Å²) < 4.78 is 6.73. The van der Waals surface area contributed by atoms with Crippen LogP contribution in [-0.2, 0) is 4.74 Å². The van der Waals surface area contributed by atoms with Crippen molar-refractivity contribution in [3.8, 4) is 0 Å². The van der Waals surface area contributed by atoms with Crippen LogP contribution in [0.5, 0.6) is 0 Å². The standard InChI is InChI=1S/C16H27IN2O2/c17-14-8-12(2-4-16(14)20)21-11-1-3-15-13(7-11)10(5-6-18)9-19-15/h9,11-16,19-20H,1-8,18H2. The molecular formula is C16H27IN2O2. The molecule has 6 unspecified atom stereocenters. The average Bonchev–Trinajstić information content (AvgIpc) is 2.86. The molecule has 0 saturated heterocycles. The summed E-state index contributed by atoms with van der Waals surface area (Å²) in [6.45, 7) is 0.735. The smallest absolute Gasteiger partial charge is 0.0659 e. The number of alkyl halides is 1. The summed E-state index contributed by atoms with van der Waals surface area (Å²) in [6, 6.07) is 0.608. The van der Waals surface area contributed by atoms with Gasteiger partial charge in [-0.2, -0.15) is 0 Å². The molecule has 3 rings (SSSR count). The Balaban J connectivity index is 1.52. The molecule has 0 radical (unpaired) electrons. The summed E-state index contributed by atoms with van der Waals surface area (Å²) in [4.78, 5) is 0. The Labute approximate surface area is 141 Å². The molecule has 0 amide bonds. The van der Waals surface area contributed by atoms with Gasteiger partial charge >= 0.3 is 0 Å². The molecule has 3 aliphatic rings. The number of aliphatic hydroxyl groups excluding tert-OH is 1. The first-order chi connectivity index (χ1) is 10.2. The molecule has 120 valence electrons. The second kappa shape index (κ2) is 7.15. The molecule has 2 fully saturated rings. The monoisotopic (exact) mass is 406 g/mol. The van der Waals surface area contributed by atoms with Gasteiger partial charge in [0, 0.05) is 15.9 Å². The van der Waals surface area contributed by atoms with Crippen LogP contribution in [0.1, 0.15) is 44.9 Å². The molecule has 0 spiro atoms. The third-order valence-corrected chi connectivity index (χ3v) is 6.61. The summed E-state index contributed by atoms with van der Waals surface area (Å²) in [5.74, 6) is 0.622. The van der Waals surface area contributed by atoms with Gasteiger partial charge < -0.3 is 20.9 Å². The lowest BCUT2D eigenvalue weighted by Gasteiger charge is -2.37. The summed E-state index contributed by atoms with van der Waals surface area (Å²) in [5, 5.41) is 13.4. The summed E-state index contributed by atoms with van der Waals surface area (Å²) in [5.41, 5.74) is 7.21. The third-order valence-electron chi connectivity index (χ3n) is 5.27. The fraction of sp³-hybridized carbons (Fsp3) is 0.875. The molecule has 2 aliphatic carbocycles. The van der Waals surface area contributed by atoms with Crippen molar-refractivity contribution in [3.05, 3.63) is 11.8 Å². The fourth-order valence-corrected chi connectivity index (χ4v) is 5.00. The summed E-state index contributed by atoms with van der Waals surface area (Å²) in [7, 11) is 0. The Bertz CT molecular complexity index is 390. The van der Waals surface area contributed by atoms with Crippen LogP contribution in [0, 0.1) is 5.92 Å². The maximum atomic E-state index is 9.83. The van der Waals surface area contributed by atoms with Crippen LogP contribution in [0.4, 0.5) is 0 Å². The van der Waals surface area contributed by atoms with E-state index < -0.39 is 0 Å². The van der Waals surface area contributed by atoms with Gasteiger partial charge in [0.05, 0.1) is 18.3 Å². The van der Waals surface area contributed by atoms with Gasteiger partial charge in [-0.1, -0.05) is 22.6 Å². The van der Waals surface area contributed by atoms with E-state index in [1.807, 2.05) is 0 Å². The van der Waals surface area contributed by atoms with Crippen LogP contribution in [0.3, 0.4) is 0 Å². The van der Waals surface area contributed by atoms with Gasteiger partial charge in [0.2, 0.25) is 0 Å². The van der Waals surface area contributed by atoms with Gasteiger partial charge in [0.25, 0.3) is 0 Å². The van der Waals surface area contributed by atoms with Gasteiger partial charge in [-0.05, 0) is 63.3 Å². The maximum Gasteiger partial charge on any atom is 0.0659 e. The molecule has 0 bridgehead atoms. The lowest BCUT2D eigenvalue weighted by molar-refractivity contribution is -0.0645. The normalized spacial score (nSPS) is 43.1. The van der Waals surface area contributed by atoms with E-state index in [9.17, 15) is 5.11 Å². The van der Waals surface area contributed by atoms with Crippen LogP contribution >= 0.6 is 22.6 Å². The van der Waals surface area contributed by atoms with Crippen molar-refractivity contribution in [3.63, 3.8) is 0 Å². The Morgan fingerprint density at radius 2 is 2.00 bits per heavy atom.